The lowest BCUT2D eigenvalue weighted by molar-refractivity contribution is 0.413. The molecule has 0 unspecified atom stereocenters. The number of nitrogens with one attached hydrogen (secondary N) is 1. The highest BCUT2D eigenvalue weighted by atomic mass is 16.5. The van der Waals surface area contributed by atoms with Gasteiger partial charge in [-0.3, -0.25) is 23.3 Å². The molecule has 0 radical (unpaired) electrons. The quantitative estimate of drug-likeness (QED) is 0.515. The van der Waals surface area contributed by atoms with Crippen LogP contribution in [0, 0.1) is 0 Å². The molecule has 1 N–H and O–H groups in total. The number of imidazole rings is 2. The van der Waals surface area contributed by atoms with E-state index >= 15 is 0 Å². The standard InChI is InChI=1S/C21H17N5O3/c1-24-18-17(19(27)23-21(24)28)25-12-15(13-8-4-3-5-9-13)26(20(25)22-18)14-10-6-7-11-16(14)29-2/h3-12H,1-2H3,(H,23,27,28). The van der Waals surface area contributed by atoms with Crippen molar-refractivity contribution in [2.75, 3.05) is 7.11 Å². The lowest BCUT2D eigenvalue weighted by Crippen LogP contribution is -2.28. The van der Waals surface area contributed by atoms with Gasteiger partial charge in [-0.05, 0) is 12.1 Å². The van der Waals surface area contributed by atoms with Gasteiger partial charge in [0.25, 0.3) is 5.56 Å². The maximum absolute atomic E-state index is 12.6. The summed E-state index contributed by atoms with van der Waals surface area (Å²) in [7, 11) is 3.19. The van der Waals surface area contributed by atoms with Gasteiger partial charge in [0.2, 0.25) is 5.78 Å². The van der Waals surface area contributed by atoms with Crippen molar-refractivity contribution < 1.29 is 4.74 Å². The number of methoxy groups -OCH3 is 1. The molecule has 5 aromatic rings. The molecule has 5 rings (SSSR count). The summed E-state index contributed by atoms with van der Waals surface area (Å²) < 4.78 is 10.5. The molecule has 0 spiro atoms. The number of benzene rings is 2. The third-order valence-electron chi connectivity index (χ3n) is 5.02. The van der Waals surface area contributed by atoms with Crippen molar-refractivity contribution >= 4 is 16.9 Å². The molecule has 144 valence electrons. The van der Waals surface area contributed by atoms with E-state index in [0.717, 1.165) is 16.9 Å². The highest BCUT2D eigenvalue weighted by molar-refractivity contribution is 5.80. The normalized spacial score (nSPS) is 11.4. The fraction of sp³-hybridized carbons (Fsp3) is 0.0952. The zero-order valence-corrected chi connectivity index (χ0v) is 15.8. The summed E-state index contributed by atoms with van der Waals surface area (Å²) in [5, 5.41) is 0. The zero-order chi connectivity index (χ0) is 20.1. The summed E-state index contributed by atoms with van der Waals surface area (Å²) in [5.41, 5.74) is 2.22. The first-order valence-electron chi connectivity index (χ1n) is 9.02. The number of ether oxygens (including phenoxy) is 1. The topological polar surface area (TPSA) is 86.3 Å². The fourth-order valence-electron chi connectivity index (χ4n) is 3.62. The molecule has 3 aromatic heterocycles. The van der Waals surface area contributed by atoms with E-state index in [1.807, 2.05) is 65.4 Å². The van der Waals surface area contributed by atoms with Gasteiger partial charge in [0.1, 0.15) is 5.75 Å². The molecule has 0 amide bonds. The largest absolute Gasteiger partial charge is 0.495 e. The average molecular weight is 387 g/mol. The van der Waals surface area contributed by atoms with Crippen molar-refractivity contribution in [3.63, 3.8) is 0 Å². The number of hydrogen-bond acceptors (Lipinski definition) is 4. The molecule has 0 fully saturated rings. The third kappa shape index (κ3) is 2.42. The van der Waals surface area contributed by atoms with E-state index in [-0.39, 0.29) is 0 Å². The van der Waals surface area contributed by atoms with Crippen LogP contribution in [0.4, 0.5) is 0 Å². The van der Waals surface area contributed by atoms with Crippen molar-refractivity contribution in [1.82, 2.24) is 23.5 Å². The van der Waals surface area contributed by atoms with Crippen LogP contribution in [0.25, 0.3) is 33.9 Å². The van der Waals surface area contributed by atoms with E-state index in [1.165, 1.54) is 4.57 Å². The number of rotatable bonds is 3. The Hall–Kier alpha value is -4.07. The van der Waals surface area contributed by atoms with Gasteiger partial charge in [-0.15, -0.1) is 0 Å². The van der Waals surface area contributed by atoms with Crippen LogP contribution in [0.3, 0.4) is 0 Å². The van der Waals surface area contributed by atoms with Crippen molar-refractivity contribution in [3.05, 3.63) is 81.6 Å². The predicted octanol–water partition coefficient (Wildman–Crippen LogP) is 2.34. The highest BCUT2D eigenvalue weighted by Gasteiger charge is 2.21. The summed E-state index contributed by atoms with van der Waals surface area (Å²) in [6.45, 7) is 0. The molecule has 3 heterocycles. The first-order chi connectivity index (χ1) is 14.1. The van der Waals surface area contributed by atoms with Crippen LogP contribution in [0.15, 0.2) is 70.4 Å². The molecular formula is C21H17N5O3. The van der Waals surface area contributed by atoms with Crippen LogP contribution in [0.1, 0.15) is 0 Å². The van der Waals surface area contributed by atoms with Crippen LogP contribution in [-0.4, -0.2) is 30.6 Å². The Morgan fingerprint density at radius 3 is 2.48 bits per heavy atom. The molecule has 0 aliphatic rings. The van der Waals surface area contributed by atoms with Crippen LogP contribution >= 0.6 is 0 Å². The van der Waals surface area contributed by atoms with Gasteiger partial charge in [0.05, 0.1) is 18.5 Å². The summed E-state index contributed by atoms with van der Waals surface area (Å²) in [6.07, 6.45) is 1.85. The number of para-hydroxylation sites is 2. The first kappa shape index (κ1) is 17.1. The van der Waals surface area contributed by atoms with Crippen molar-refractivity contribution in [3.8, 4) is 22.7 Å². The van der Waals surface area contributed by atoms with Crippen molar-refractivity contribution in [2.45, 2.75) is 0 Å². The number of H-pyrrole nitrogens is 1. The van der Waals surface area contributed by atoms with Crippen molar-refractivity contribution in [1.29, 1.82) is 0 Å². The Kier molecular flexibility index (Phi) is 3.67. The molecule has 0 atom stereocenters. The van der Waals surface area contributed by atoms with Crippen LogP contribution < -0.4 is 16.0 Å². The number of nitrogens with zero attached hydrogens (tertiary/aromatic N) is 4. The third-order valence-corrected chi connectivity index (χ3v) is 5.02. The second-order valence-corrected chi connectivity index (χ2v) is 6.66. The first-order valence-corrected chi connectivity index (χ1v) is 9.02. The van der Waals surface area contributed by atoms with E-state index in [4.69, 9.17) is 4.74 Å². The maximum atomic E-state index is 12.6. The SMILES string of the molecule is COc1ccccc1-n1c(-c2ccccc2)cn2c3c(=O)[nH]c(=O)n(C)c3nc12. The van der Waals surface area contributed by atoms with E-state index in [9.17, 15) is 9.59 Å². The number of aryl methyl sites for hydroxylation is 1. The summed E-state index contributed by atoms with van der Waals surface area (Å²) >= 11 is 0. The van der Waals surface area contributed by atoms with E-state index < -0.39 is 11.2 Å². The molecular weight excluding hydrogens is 370 g/mol. The average Bonchev–Trinajstić information content (AvgIpc) is 3.29. The Bertz CT molecular complexity index is 1490. The monoisotopic (exact) mass is 387 g/mol. The number of hydrogen-bond donors (Lipinski definition) is 1. The molecule has 29 heavy (non-hydrogen) atoms. The van der Waals surface area contributed by atoms with E-state index in [2.05, 4.69) is 9.97 Å². The summed E-state index contributed by atoms with van der Waals surface area (Å²) in [6, 6.07) is 17.4. The van der Waals surface area contributed by atoms with Gasteiger partial charge in [-0.25, -0.2) is 4.79 Å². The molecule has 0 bridgehead atoms. The minimum absolute atomic E-state index is 0.313. The molecule has 0 saturated heterocycles. The lowest BCUT2D eigenvalue weighted by atomic mass is 10.1. The summed E-state index contributed by atoms with van der Waals surface area (Å²) in [5.74, 6) is 1.17. The summed E-state index contributed by atoms with van der Waals surface area (Å²) in [4.78, 5) is 31.6. The smallest absolute Gasteiger partial charge is 0.329 e. The van der Waals surface area contributed by atoms with Gasteiger partial charge in [0.15, 0.2) is 11.2 Å². The van der Waals surface area contributed by atoms with Crippen molar-refractivity contribution in [2.24, 2.45) is 7.05 Å². The molecule has 0 saturated carbocycles. The van der Waals surface area contributed by atoms with Gasteiger partial charge in [-0.1, -0.05) is 42.5 Å². The minimum atomic E-state index is -0.504. The van der Waals surface area contributed by atoms with Crippen LogP contribution in [-0.2, 0) is 7.05 Å². The highest BCUT2D eigenvalue weighted by Crippen LogP contribution is 2.32. The Morgan fingerprint density at radius 2 is 1.72 bits per heavy atom. The van der Waals surface area contributed by atoms with E-state index in [1.54, 1.807) is 18.6 Å². The van der Waals surface area contributed by atoms with Gasteiger partial charge < -0.3 is 4.74 Å². The maximum Gasteiger partial charge on any atom is 0.329 e. The lowest BCUT2D eigenvalue weighted by Gasteiger charge is -2.12. The van der Waals surface area contributed by atoms with Gasteiger partial charge >= 0.3 is 5.69 Å². The predicted molar refractivity (Wildman–Crippen MR) is 110 cm³/mol. The van der Waals surface area contributed by atoms with Crippen LogP contribution in [0.2, 0.25) is 0 Å². The Balaban J connectivity index is 1.99. The van der Waals surface area contributed by atoms with E-state index in [0.29, 0.717) is 22.7 Å². The van der Waals surface area contributed by atoms with Gasteiger partial charge in [-0.2, -0.15) is 4.98 Å². The second-order valence-electron chi connectivity index (χ2n) is 6.66. The zero-order valence-electron chi connectivity index (χ0n) is 15.8. The van der Waals surface area contributed by atoms with Crippen LogP contribution in [0.5, 0.6) is 5.75 Å². The fourth-order valence-corrected chi connectivity index (χ4v) is 3.62. The molecule has 2 aromatic carbocycles. The minimum Gasteiger partial charge on any atom is -0.495 e. The molecule has 0 aliphatic heterocycles. The molecule has 0 aliphatic carbocycles. The number of aromatic nitrogens is 5. The molecule has 8 nitrogen and oxygen atoms in total. The molecule has 8 heteroatoms. The Labute approximate surface area is 164 Å². The number of aromatic amines is 1. The Morgan fingerprint density at radius 1 is 1.00 bits per heavy atom. The second kappa shape index (κ2) is 6.23. The number of fused-ring (bicyclic) bond motifs is 3. The van der Waals surface area contributed by atoms with Gasteiger partial charge in [0, 0.05) is 18.8 Å².